The quantitative estimate of drug-likeness (QED) is 0.688. The summed E-state index contributed by atoms with van der Waals surface area (Å²) >= 11 is 4.63. The van der Waals surface area contributed by atoms with Gasteiger partial charge in [0.25, 0.3) is 5.91 Å². The summed E-state index contributed by atoms with van der Waals surface area (Å²) in [7, 11) is 0. The van der Waals surface area contributed by atoms with Crippen molar-refractivity contribution in [2.45, 2.75) is 0 Å². The number of nitrogens with one attached hydrogen (secondary N) is 1. The van der Waals surface area contributed by atoms with Crippen molar-refractivity contribution in [3.8, 4) is 0 Å². The van der Waals surface area contributed by atoms with Crippen LogP contribution in [0, 0.1) is 5.82 Å². The van der Waals surface area contributed by atoms with Gasteiger partial charge in [0, 0.05) is 14.9 Å². The molecule has 0 spiro atoms. The van der Waals surface area contributed by atoms with Crippen LogP contribution in [0.2, 0.25) is 0 Å². The minimum absolute atomic E-state index is 0.190. The molecule has 3 aromatic rings. The van der Waals surface area contributed by atoms with Gasteiger partial charge in [-0.3, -0.25) is 4.79 Å². The number of amides is 1. The Morgan fingerprint density at radius 1 is 1.15 bits per heavy atom. The van der Waals surface area contributed by atoms with Crippen molar-refractivity contribution < 1.29 is 9.18 Å². The zero-order chi connectivity index (χ0) is 14.1. The lowest BCUT2D eigenvalue weighted by atomic mass is 10.2. The maximum atomic E-state index is 13.1. The van der Waals surface area contributed by atoms with Crippen LogP contribution in [0.5, 0.6) is 0 Å². The van der Waals surface area contributed by atoms with Gasteiger partial charge < -0.3 is 5.32 Å². The Morgan fingerprint density at radius 3 is 2.80 bits per heavy atom. The fraction of sp³-hybridized carbons (Fsp3) is 0. The highest BCUT2D eigenvalue weighted by molar-refractivity contribution is 9.10. The van der Waals surface area contributed by atoms with E-state index in [1.165, 1.54) is 23.5 Å². The van der Waals surface area contributed by atoms with Crippen molar-refractivity contribution in [3.63, 3.8) is 0 Å². The van der Waals surface area contributed by atoms with Crippen LogP contribution >= 0.6 is 27.3 Å². The molecule has 0 fully saturated rings. The summed E-state index contributed by atoms with van der Waals surface area (Å²) < 4.78 is 14.8. The molecule has 0 saturated carbocycles. The number of fused-ring (bicyclic) bond motifs is 1. The lowest BCUT2D eigenvalue weighted by molar-refractivity contribution is 0.103. The van der Waals surface area contributed by atoms with Crippen LogP contribution in [0.3, 0.4) is 0 Å². The van der Waals surface area contributed by atoms with Gasteiger partial charge in [0.2, 0.25) is 0 Å². The monoisotopic (exact) mass is 349 g/mol. The fourth-order valence-corrected chi connectivity index (χ4v) is 3.26. The Kier molecular flexibility index (Phi) is 3.54. The third kappa shape index (κ3) is 2.73. The molecule has 5 heteroatoms. The molecule has 100 valence electrons. The molecule has 0 saturated heterocycles. The second kappa shape index (κ2) is 5.34. The van der Waals surface area contributed by atoms with Crippen molar-refractivity contribution in [1.82, 2.24) is 0 Å². The molecule has 2 nitrogen and oxygen atoms in total. The van der Waals surface area contributed by atoms with E-state index in [0.717, 1.165) is 14.6 Å². The average Bonchev–Trinajstić information content (AvgIpc) is 2.81. The molecule has 0 aliphatic rings. The number of thiophene rings is 1. The largest absolute Gasteiger partial charge is 0.321 e. The first-order valence-electron chi connectivity index (χ1n) is 5.88. The molecule has 0 unspecified atom stereocenters. The molecule has 1 N–H and O–H groups in total. The van der Waals surface area contributed by atoms with E-state index in [0.29, 0.717) is 10.6 Å². The first-order valence-corrected chi connectivity index (χ1v) is 7.49. The van der Waals surface area contributed by atoms with Crippen molar-refractivity contribution in [3.05, 3.63) is 63.7 Å². The summed E-state index contributed by atoms with van der Waals surface area (Å²) in [4.78, 5) is 12.7. The molecule has 0 atom stereocenters. The lowest BCUT2D eigenvalue weighted by Crippen LogP contribution is -2.09. The molecule has 1 amide bonds. The maximum absolute atomic E-state index is 13.1. The zero-order valence-corrected chi connectivity index (χ0v) is 12.6. The average molecular weight is 350 g/mol. The molecule has 1 heterocycles. The molecule has 20 heavy (non-hydrogen) atoms. The molecular formula is C15H9BrFNOS. The van der Waals surface area contributed by atoms with E-state index in [2.05, 4.69) is 21.2 Å². The number of carbonyl (C=O) groups is 1. The van der Waals surface area contributed by atoms with Gasteiger partial charge >= 0.3 is 0 Å². The van der Waals surface area contributed by atoms with E-state index in [4.69, 9.17) is 0 Å². The first kappa shape index (κ1) is 13.3. The topological polar surface area (TPSA) is 29.1 Å². The second-order valence-electron chi connectivity index (χ2n) is 4.26. The molecule has 0 bridgehead atoms. The van der Waals surface area contributed by atoms with E-state index >= 15 is 0 Å². The minimum atomic E-state index is -0.293. The number of carbonyl (C=O) groups excluding carboxylic acids is 1. The van der Waals surface area contributed by atoms with Crippen LogP contribution in [0.1, 0.15) is 9.67 Å². The van der Waals surface area contributed by atoms with Crippen LogP contribution in [-0.4, -0.2) is 5.91 Å². The summed E-state index contributed by atoms with van der Waals surface area (Å²) in [5.41, 5.74) is 0.716. The number of hydrogen-bond donors (Lipinski definition) is 1. The van der Waals surface area contributed by atoms with E-state index in [-0.39, 0.29) is 11.7 Å². The van der Waals surface area contributed by atoms with E-state index in [1.54, 1.807) is 12.1 Å². The highest BCUT2D eigenvalue weighted by Gasteiger charge is 2.11. The van der Waals surface area contributed by atoms with Crippen LogP contribution in [-0.2, 0) is 0 Å². The van der Waals surface area contributed by atoms with Crippen LogP contribution < -0.4 is 5.32 Å². The standard InChI is InChI=1S/C15H9BrFNOS/c16-10-2-1-3-12(7-10)18-15(19)14-6-9-4-5-11(17)8-13(9)20-14/h1-8H,(H,18,19). The third-order valence-electron chi connectivity index (χ3n) is 2.79. The minimum Gasteiger partial charge on any atom is -0.321 e. The van der Waals surface area contributed by atoms with Gasteiger partial charge in [-0.25, -0.2) is 4.39 Å². The summed E-state index contributed by atoms with van der Waals surface area (Å²) in [6, 6.07) is 13.7. The van der Waals surface area contributed by atoms with Crippen molar-refractivity contribution >= 4 is 48.9 Å². The summed E-state index contributed by atoms with van der Waals surface area (Å²) in [5, 5.41) is 3.69. The number of benzene rings is 2. The summed E-state index contributed by atoms with van der Waals surface area (Å²) in [6.07, 6.45) is 0. The van der Waals surface area contributed by atoms with Crippen molar-refractivity contribution in [2.75, 3.05) is 5.32 Å². The molecular weight excluding hydrogens is 341 g/mol. The number of hydrogen-bond acceptors (Lipinski definition) is 2. The third-order valence-corrected chi connectivity index (χ3v) is 4.38. The number of halogens is 2. The Bertz CT molecular complexity index is 799. The first-order chi connectivity index (χ1) is 9.61. The van der Waals surface area contributed by atoms with Crippen LogP contribution in [0.4, 0.5) is 10.1 Å². The molecule has 0 aliphatic heterocycles. The van der Waals surface area contributed by atoms with Gasteiger partial charge in [-0.1, -0.05) is 28.1 Å². The smallest absolute Gasteiger partial charge is 0.265 e. The zero-order valence-electron chi connectivity index (χ0n) is 10.2. The molecule has 3 rings (SSSR count). The Morgan fingerprint density at radius 2 is 2.00 bits per heavy atom. The highest BCUT2D eigenvalue weighted by Crippen LogP contribution is 2.27. The van der Waals surface area contributed by atoms with Gasteiger partial charge in [0.05, 0.1) is 4.88 Å². The molecule has 1 aromatic heterocycles. The SMILES string of the molecule is O=C(Nc1cccc(Br)c1)c1cc2ccc(F)cc2s1. The normalized spacial score (nSPS) is 10.7. The van der Waals surface area contributed by atoms with E-state index < -0.39 is 0 Å². The van der Waals surface area contributed by atoms with Gasteiger partial charge in [-0.2, -0.15) is 0 Å². The maximum Gasteiger partial charge on any atom is 0.265 e. The lowest BCUT2D eigenvalue weighted by Gasteiger charge is -2.03. The van der Waals surface area contributed by atoms with Crippen molar-refractivity contribution in [1.29, 1.82) is 0 Å². The Hall–Kier alpha value is -1.72. The summed E-state index contributed by atoms with van der Waals surface area (Å²) in [6.45, 7) is 0. The Balaban J connectivity index is 1.88. The fourth-order valence-electron chi connectivity index (χ4n) is 1.88. The predicted molar refractivity (Wildman–Crippen MR) is 83.9 cm³/mol. The Labute approximate surface area is 127 Å². The number of rotatable bonds is 2. The van der Waals surface area contributed by atoms with Crippen LogP contribution in [0.15, 0.2) is 53.0 Å². The molecule has 0 radical (unpaired) electrons. The summed E-state index contributed by atoms with van der Waals surface area (Å²) in [5.74, 6) is -0.483. The van der Waals surface area contributed by atoms with E-state index in [1.807, 2.05) is 24.3 Å². The van der Waals surface area contributed by atoms with Gasteiger partial charge in [0.1, 0.15) is 5.82 Å². The number of anilines is 1. The molecule has 0 aliphatic carbocycles. The highest BCUT2D eigenvalue weighted by atomic mass is 79.9. The van der Waals surface area contributed by atoms with Gasteiger partial charge in [-0.05, 0) is 41.8 Å². The second-order valence-corrected chi connectivity index (χ2v) is 6.26. The predicted octanol–water partition coefficient (Wildman–Crippen LogP) is 5.06. The van der Waals surface area contributed by atoms with Crippen molar-refractivity contribution in [2.24, 2.45) is 0 Å². The van der Waals surface area contributed by atoms with Gasteiger partial charge in [-0.15, -0.1) is 11.3 Å². The molecule has 2 aromatic carbocycles. The van der Waals surface area contributed by atoms with Gasteiger partial charge in [0.15, 0.2) is 0 Å². The van der Waals surface area contributed by atoms with Crippen LogP contribution in [0.25, 0.3) is 10.1 Å². The van der Waals surface area contributed by atoms with E-state index in [9.17, 15) is 9.18 Å².